The topological polar surface area (TPSA) is 69.1 Å². The Morgan fingerprint density at radius 2 is 2.12 bits per heavy atom. The Morgan fingerprint density at radius 3 is 2.94 bits per heavy atom. The summed E-state index contributed by atoms with van der Waals surface area (Å²) < 4.78 is 1.71. The molecular weight excluding hydrogens is 202 g/mol. The predicted octanol–water partition coefficient (Wildman–Crippen LogP) is 1.37. The Hall–Kier alpha value is -2.43. The monoisotopic (exact) mass is 211 g/mol. The number of anilines is 1. The van der Waals surface area contributed by atoms with Crippen LogP contribution < -0.4 is 5.73 Å². The highest BCUT2D eigenvalue weighted by Crippen LogP contribution is 2.17. The third-order valence-electron chi connectivity index (χ3n) is 2.34. The van der Waals surface area contributed by atoms with Crippen molar-refractivity contribution in [2.45, 2.75) is 0 Å². The van der Waals surface area contributed by atoms with Crippen molar-refractivity contribution in [2.75, 3.05) is 5.73 Å². The molecule has 0 aliphatic rings. The molecule has 5 heteroatoms. The van der Waals surface area contributed by atoms with Crippen molar-refractivity contribution in [1.29, 1.82) is 0 Å². The van der Waals surface area contributed by atoms with E-state index in [0.29, 0.717) is 11.6 Å². The highest BCUT2D eigenvalue weighted by Gasteiger charge is 2.06. The molecule has 0 aromatic carbocycles. The van der Waals surface area contributed by atoms with Crippen molar-refractivity contribution in [3.63, 3.8) is 0 Å². The SMILES string of the molecule is Nc1nc(-c2cccnc2)nn2cccc12. The van der Waals surface area contributed by atoms with Crippen LogP contribution in [0.15, 0.2) is 42.9 Å². The Morgan fingerprint density at radius 1 is 1.19 bits per heavy atom. The summed E-state index contributed by atoms with van der Waals surface area (Å²) in [4.78, 5) is 8.28. The van der Waals surface area contributed by atoms with Crippen molar-refractivity contribution < 1.29 is 0 Å². The Labute approximate surface area is 91.6 Å². The molecule has 0 saturated heterocycles. The van der Waals surface area contributed by atoms with Gasteiger partial charge in [0.2, 0.25) is 0 Å². The first-order chi connectivity index (χ1) is 7.84. The summed E-state index contributed by atoms with van der Waals surface area (Å²) in [6.07, 6.45) is 5.26. The number of hydrogen-bond acceptors (Lipinski definition) is 4. The van der Waals surface area contributed by atoms with Crippen LogP contribution >= 0.6 is 0 Å². The molecule has 3 aromatic heterocycles. The first kappa shape index (κ1) is 8.84. The van der Waals surface area contributed by atoms with Crippen LogP contribution in [0.5, 0.6) is 0 Å². The number of nitrogens with two attached hydrogens (primary N) is 1. The van der Waals surface area contributed by atoms with Crippen LogP contribution in [0, 0.1) is 0 Å². The van der Waals surface area contributed by atoms with Gasteiger partial charge in [-0.2, -0.15) is 0 Å². The van der Waals surface area contributed by atoms with Crippen molar-refractivity contribution in [1.82, 2.24) is 19.6 Å². The molecule has 3 heterocycles. The average molecular weight is 211 g/mol. The van der Waals surface area contributed by atoms with Crippen LogP contribution in [-0.2, 0) is 0 Å². The number of aromatic nitrogens is 4. The van der Waals surface area contributed by atoms with E-state index in [9.17, 15) is 0 Å². The molecule has 0 unspecified atom stereocenters. The zero-order chi connectivity index (χ0) is 11.0. The molecule has 0 aliphatic heterocycles. The highest BCUT2D eigenvalue weighted by atomic mass is 15.3. The largest absolute Gasteiger partial charge is 0.382 e. The van der Waals surface area contributed by atoms with Crippen molar-refractivity contribution in [2.24, 2.45) is 0 Å². The first-order valence-corrected chi connectivity index (χ1v) is 4.86. The Bertz CT molecular complexity index is 629. The molecule has 78 valence electrons. The van der Waals surface area contributed by atoms with E-state index < -0.39 is 0 Å². The van der Waals surface area contributed by atoms with Crippen LogP contribution in [0.1, 0.15) is 0 Å². The van der Waals surface area contributed by atoms with Crippen LogP contribution in [0.3, 0.4) is 0 Å². The minimum absolute atomic E-state index is 0.471. The number of nitrogens with zero attached hydrogens (tertiary/aromatic N) is 4. The normalized spacial score (nSPS) is 10.8. The number of fused-ring (bicyclic) bond motifs is 1. The fraction of sp³-hybridized carbons (Fsp3) is 0. The summed E-state index contributed by atoms with van der Waals surface area (Å²) in [6.45, 7) is 0. The van der Waals surface area contributed by atoms with Gasteiger partial charge in [-0.05, 0) is 24.3 Å². The zero-order valence-electron chi connectivity index (χ0n) is 8.41. The van der Waals surface area contributed by atoms with E-state index in [1.54, 1.807) is 16.9 Å². The molecular formula is C11H9N5. The average Bonchev–Trinajstić information content (AvgIpc) is 2.79. The maximum Gasteiger partial charge on any atom is 0.183 e. The van der Waals surface area contributed by atoms with Crippen LogP contribution in [0.25, 0.3) is 16.9 Å². The third kappa shape index (κ3) is 1.30. The second kappa shape index (κ2) is 3.30. The lowest BCUT2D eigenvalue weighted by Gasteiger charge is -2.02. The van der Waals surface area contributed by atoms with Crippen molar-refractivity contribution in [3.05, 3.63) is 42.9 Å². The molecule has 0 spiro atoms. The summed E-state index contributed by atoms with van der Waals surface area (Å²) in [5.74, 6) is 1.05. The minimum Gasteiger partial charge on any atom is -0.382 e. The summed E-state index contributed by atoms with van der Waals surface area (Å²) in [5.41, 5.74) is 7.51. The predicted molar refractivity (Wildman–Crippen MR) is 60.6 cm³/mol. The lowest BCUT2D eigenvalue weighted by atomic mass is 10.3. The van der Waals surface area contributed by atoms with Gasteiger partial charge in [-0.3, -0.25) is 4.98 Å². The molecule has 0 fully saturated rings. The summed E-state index contributed by atoms with van der Waals surface area (Å²) in [6, 6.07) is 7.50. The lowest BCUT2D eigenvalue weighted by molar-refractivity contribution is 0.916. The van der Waals surface area contributed by atoms with Gasteiger partial charge in [-0.15, -0.1) is 5.10 Å². The number of rotatable bonds is 1. The minimum atomic E-state index is 0.471. The molecule has 2 N–H and O–H groups in total. The smallest absolute Gasteiger partial charge is 0.183 e. The molecule has 0 saturated carbocycles. The highest BCUT2D eigenvalue weighted by molar-refractivity contribution is 5.67. The molecule has 3 rings (SSSR count). The van der Waals surface area contributed by atoms with Gasteiger partial charge in [-0.1, -0.05) is 0 Å². The molecule has 0 aliphatic carbocycles. The van der Waals surface area contributed by atoms with Gasteiger partial charge >= 0.3 is 0 Å². The third-order valence-corrected chi connectivity index (χ3v) is 2.34. The van der Waals surface area contributed by atoms with E-state index in [2.05, 4.69) is 15.1 Å². The number of hydrogen-bond donors (Lipinski definition) is 1. The van der Waals surface area contributed by atoms with Gasteiger partial charge in [-0.25, -0.2) is 9.50 Å². The van der Waals surface area contributed by atoms with E-state index in [-0.39, 0.29) is 0 Å². The van der Waals surface area contributed by atoms with E-state index >= 15 is 0 Å². The van der Waals surface area contributed by atoms with Gasteiger partial charge in [0.05, 0.1) is 0 Å². The quantitative estimate of drug-likeness (QED) is 0.660. The van der Waals surface area contributed by atoms with Crippen LogP contribution in [-0.4, -0.2) is 19.6 Å². The summed E-state index contributed by atoms with van der Waals surface area (Å²) in [7, 11) is 0. The van der Waals surface area contributed by atoms with Gasteiger partial charge < -0.3 is 5.73 Å². The standard InChI is InChI=1S/C11H9N5/c12-10-9-4-2-6-16(9)15-11(14-10)8-3-1-5-13-7-8/h1-7H,(H2,12,14,15). The van der Waals surface area contributed by atoms with Gasteiger partial charge in [0.1, 0.15) is 5.52 Å². The first-order valence-electron chi connectivity index (χ1n) is 4.86. The number of nitrogen functional groups attached to an aromatic ring is 1. The van der Waals surface area contributed by atoms with Crippen LogP contribution in [0.2, 0.25) is 0 Å². The fourth-order valence-electron chi connectivity index (χ4n) is 1.58. The van der Waals surface area contributed by atoms with Gasteiger partial charge in [0.15, 0.2) is 11.6 Å². The second-order valence-electron chi connectivity index (χ2n) is 3.40. The van der Waals surface area contributed by atoms with Gasteiger partial charge in [0, 0.05) is 24.2 Å². The summed E-state index contributed by atoms with van der Waals surface area (Å²) in [5, 5.41) is 4.35. The van der Waals surface area contributed by atoms with E-state index in [4.69, 9.17) is 5.73 Å². The lowest BCUT2D eigenvalue weighted by Crippen LogP contribution is -2.02. The maximum atomic E-state index is 5.85. The number of pyridine rings is 1. The Kier molecular flexibility index (Phi) is 1.83. The van der Waals surface area contributed by atoms with E-state index in [1.165, 1.54) is 0 Å². The molecule has 0 amide bonds. The fourth-order valence-corrected chi connectivity index (χ4v) is 1.58. The molecule has 16 heavy (non-hydrogen) atoms. The molecule has 0 radical (unpaired) electrons. The van der Waals surface area contributed by atoms with Crippen molar-refractivity contribution in [3.8, 4) is 11.4 Å². The Balaban J connectivity index is 2.25. The molecule has 3 aromatic rings. The molecule has 5 nitrogen and oxygen atoms in total. The van der Waals surface area contributed by atoms with Crippen LogP contribution in [0.4, 0.5) is 5.82 Å². The van der Waals surface area contributed by atoms with Crippen molar-refractivity contribution >= 4 is 11.3 Å². The maximum absolute atomic E-state index is 5.85. The van der Waals surface area contributed by atoms with E-state index in [0.717, 1.165) is 11.1 Å². The molecule has 0 atom stereocenters. The van der Waals surface area contributed by atoms with E-state index in [1.807, 2.05) is 30.5 Å². The second-order valence-corrected chi connectivity index (χ2v) is 3.40. The summed E-state index contributed by atoms with van der Waals surface area (Å²) >= 11 is 0. The molecule has 0 bridgehead atoms. The zero-order valence-corrected chi connectivity index (χ0v) is 8.41. The van der Waals surface area contributed by atoms with Gasteiger partial charge in [0.25, 0.3) is 0 Å².